The van der Waals surface area contributed by atoms with Crippen molar-refractivity contribution in [2.75, 3.05) is 0 Å². The van der Waals surface area contributed by atoms with E-state index in [1.54, 1.807) is 0 Å². The average Bonchev–Trinajstić information content (AvgIpc) is 2.45. The van der Waals surface area contributed by atoms with Gasteiger partial charge < -0.3 is 0 Å². The number of hydrogen-bond acceptors (Lipinski definition) is 1. The van der Waals surface area contributed by atoms with Gasteiger partial charge in [0.1, 0.15) is 6.17 Å². The highest BCUT2D eigenvalue weighted by Gasteiger charge is 2.29. The third-order valence-corrected chi connectivity index (χ3v) is 4.22. The predicted molar refractivity (Wildman–Crippen MR) is 75.3 cm³/mol. The molecule has 0 radical (unpaired) electrons. The molecule has 0 aromatic heterocycles. The fourth-order valence-corrected chi connectivity index (χ4v) is 3.01. The van der Waals surface area contributed by atoms with Gasteiger partial charge in [-0.3, -0.25) is 0 Å². The van der Waals surface area contributed by atoms with Crippen LogP contribution in [0.1, 0.15) is 44.1 Å². The molecule has 1 aromatic carbocycles. The quantitative estimate of drug-likeness (QED) is 0.704. The van der Waals surface area contributed by atoms with Crippen LogP contribution in [0.15, 0.2) is 30.3 Å². The van der Waals surface area contributed by atoms with E-state index in [9.17, 15) is 4.39 Å². The van der Waals surface area contributed by atoms with E-state index in [2.05, 4.69) is 30.3 Å². The molecule has 19 heavy (non-hydrogen) atoms. The zero-order chi connectivity index (χ0) is 13.5. The second kappa shape index (κ2) is 7.28. The summed E-state index contributed by atoms with van der Waals surface area (Å²) in [5.41, 5.74) is 1.39. The lowest BCUT2D eigenvalue weighted by molar-refractivity contribution is 0.151. The Labute approximate surface area is 115 Å². The Morgan fingerprint density at radius 3 is 2.63 bits per heavy atom. The van der Waals surface area contributed by atoms with E-state index in [-0.39, 0.29) is 5.92 Å². The lowest BCUT2D eigenvalue weighted by Gasteiger charge is -2.27. The third-order valence-electron chi connectivity index (χ3n) is 4.22. The Kier molecular flexibility index (Phi) is 5.39. The Hall–Kier alpha value is -1.36. The smallest absolute Gasteiger partial charge is 0.116 e. The summed E-state index contributed by atoms with van der Waals surface area (Å²) in [6.07, 6.45) is 6.08. The normalized spacial score (nSPS) is 26.8. The molecular weight excluding hydrogens is 237 g/mol. The van der Waals surface area contributed by atoms with E-state index in [1.807, 2.05) is 6.07 Å². The minimum absolute atomic E-state index is 0.347. The van der Waals surface area contributed by atoms with Gasteiger partial charge in [0.05, 0.1) is 12.0 Å². The molecule has 2 rings (SSSR count). The van der Waals surface area contributed by atoms with E-state index in [0.717, 1.165) is 25.7 Å². The summed E-state index contributed by atoms with van der Waals surface area (Å²) in [6, 6.07) is 12.6. The van der Waals surface area contributed by atoms with Gasteiger partial charge in [0.15, 0.2) is 0 Å². The number of aryl methyl sites for hydroxylation is 1. The summed E-state index contributed by atoms with van der Waals surface area (Å²) in [5, 5.41) is 8.80. The van der Waals surface area contributed by atoms with Crippen molar-refractivity contribution in [1.29, 1.82) is 5.26 Å². The molecule has 3 unspecified atom stereocenters. The molecule has 0 bridgehead atoms. The number of hydrogen-bond donors (Lipinski definition) is 0. The number of alkyl halides is 1. The fourth-order valence-electron chi connectivity index (χ4n) is 3.01. The van der Waals surface area contributed by atoms with E-state index in [0.29, 0.717) is 12.3 Å². The van der Waals surface area contributed by atoms with Crippen molar-refractivity contribution in [2.24, 2.45) is 11.8 Å². The highest BCUT2D eigenvalue weighted by atomic mass is 19.1. The number of rotatable bonds is 5. The molecule has 1 aliphatic carbocycles. The molecule has 1 saturated carbocycles. The highest BCUT2D eigenvalue weighted by Crippen LogP contribution is 2.33. The molecule has 0 saturated heterocycles. The topological polar surface area (TPSA) is 23.8 Å². The number of halogens is 1. The molecule has 0 heterocycles. The van der Waals surface area contributed by atoms with Crippen molar-refractivity contribution in [3.63, 3.8) is 0 Å². The number of nitriles is 1. The van der Waals surface area contributed by atoms with Crippen molar-refractivity contribution in [2.45, 2.75) is 51.1 Å². The summed E-state index contributed by atoms with van der Waals surface area (Å²) in [6.45, 7) is 0. The SMILES string of the molecule is N#CC1CCC(CCCCc2ccccc2)CC1F. The van der Waals surface area contributed by atoms with E-state index in [1.165, 1.54) is 18.4 Å². The Bertz CT molecular complexity index is 409. The summed E-state index contributed by atoms with van der Waals surface area (Å²) < 4.78 is 13.7. The molecule has 0 amide bonds. The van der Waals surface area contributed by atoms with Crippen LogP contribution in [0.4, 0.5) is 4.39 Å². The number of unbranched alkanes of at least 4 members (excludes halogenated alkanes) is 1. The zero-order valence-corrected chi connectivity index (χ0v) is 11.4. The first-order valence-electron chi connectivity index (χ1n) is 7.37. The van der Waals surface area contributed by atoms with Gasteiger partial charge in [-0.1, -0.05) is 43.2 Å². The van der Waals surface area contributed by atoms with Gasteiger partial charge in [0, 0.05) is 0 Å². The molecule has 0 aliphatic heterocycles. The summed E-state index contributed by atoms with van der Waals surface area (Å²) in [5.74, 6) is 0.149. The lowest BCUT2D eigenvalue weighted by atomic mass is 9.79. The van der Waals surface area contributed by atoms with Crippen molar-refractivity contribution in [3.05, 3.63) is 35.9 Å². The third kappa shape index (κ3) is 4.35. The molecule has 1 fully saturated rings. The Morgan fingerprint density at radius 1 is 1.16 bits per heavy atom. The van der Waals surface area contributed by atoms with Crippen LogP contribution in [0, 0.1) is 23.2 Å². The molecule has 102 valence electrons. The van der Waals surface area contributed by atoms with Crippen molar-refractivity contribution in [3.8, 4) is 6.07 Å². The molecule has 0 N–H and O–H groups in total. The van der Waals surface area contributed by atoms with E-state index in [4.69, 9.17) is 5.26 Å². The standard InChI is InChI=1S/C17H22FN/c18-17-12-15(10-11-16(17)13-19)9-5-4-8-14-6-2-1-3-7-14/h1-3,6-7,15-17H,4-5,8-12H2. The van der Waals surface area contributed by atoms with Gasteiger partial charge in [0.25, 0.3) is 0 Å². The molecule has 0 spiro atoms. The van der Waals surface area contributed by atoms with Crippen LogP contribution in [-0.4, -0.2) is 6.17 Å². The van der Waals surface area contributed by atoms with E-state index < -0.39 is 6.17 Å². The zero-order valence-electron chi connectivity index (χ0n) is 11.4. The second-order valence-corrected chi connectivity index (χ2v) is 5.66. The van der Waals surface area contributed by atoms with Gasteiger partial charge >= 0.3 is 0 Å². The van der Waals surface area contributed by atoms with Crippen molar-refractivity contribution in [1.82, 2.24) is 0 Å². The van der Waals surface area contributed by atoms with Crippen molar-refractivity contribution < 1.29 is 4.39 Å². The van der Waals surface area contributed by atoms with Gasteiger partial charge in [-0.25, -0.2) is 4.39 Å². The number of nitrogens with zero attached hydrogens (tertiary/aromatic N) is 1. The summed E-state index contributed by atoms with van der Waals surface area (Å²) in [7, 11) is 0. The molecule has 1 nitrogen and oxygen atoms in total. The van der Waals surface area contributed by atoms with Crippen molar-refractivity contribution >= 4 is 0 Å². The summed E-state index contributed by atoms with van der Waals surface area (Å²) in [4.78, 5) is 0. The maximum absolute atomic E-state index is 13.7. The van der Waals surface area contributed by atoms with Crippen LogP contribution in [0.25, 0.3) is 0 Å². The highest BCUT2D eigenvalue weighted by molar-refractivity contribution is 5.14. The van der Waals surface area contributed by atoms with Gasteiger partial charge in [-0.15, -0.1) is 0 Å². The van der Waals surface area contributed by atoms with Crippen LogP contribution in [0.5, 0.6) is 0 Å². The van der Waals surface area contributed by atoms with Gasteiger partial charge in [0.2, 0.25) is 0 Å². The van der Waals surface area contributed by atoms with Gasteiger partial charge in [-0.2, -0.15) is 5.26 Å². The molecule has 2 heteroatoms. The van der Waals surface area contributed by atoms with Gasteiger partial charge in [-0.05, 0) is 43.6 Å². The fraction of sp³-hybridized carbons (Fsp3) is 0.588. The minimum Gasteiger partial charge on any atom is -0.246 e. The minimum atomic E-state index is -0.891. The van der Waals surface area contributed by atoms with E-state index >= 15 is 0 Å². The summed E-state index contributed by atoms with van der Waals surface area (Å²) >= 11 is 0. The van der Waals surface area contributed by atoms with Crippen LogP contribution in [-0.2, 0) is 6.42 Å². The first-order valence-corrected chi connectivity index (χ1v) is 7.37. The lowest BCUT2D eigenvalue weighted by Crippen LogP contribution is -2.25. The second-order valence-electron chi connectivity index (χ2n) is 5.66. The number of benzene rings is 1. The molecule has 1 aromatic rings. The van der Waals surface area contributed by atoms with Crippen LogP contribution in [0.3, 0.4) is 0 Å². The molecular formula is C17H22FN. The molecule has 3 atom stereocenters. The largest absolute Gasteiger partial charge is 0.246 e. The Morgan fingerprint density at radius 2 is 1.95 bits per heavy atom. The monoisotopic (exact) mass is 259 g/mol. The van der Waals surface area contributed by atoms with Crippen LogP contribution < -0.4 is 0 Å². The first-order chi connectivity index (χ1) is 9.29. The maximum atomic E-state index is 13.7. The maximum Gasteiger partial charge on any atom is 0.116 e. The Balaban J connectivity index is 1.63. The van der Waals surface area contributed by atoms with Crippen LogP contribution >= 0.6 is 0 Å². The average molecular weight is 259 g/mol. The first kappa shape index (κ1) is 14.1. The predicted octanol–water partition coefficient (Wildman–Crippen LogP) is 4.68. The van der Waals surface area contributed by atoms with Crippen LogP contribution in [0.2, 0.25) is 0 Å². The molecule has 1 aliphatic rings.